The van der Waals surface area contributed by atoms with Crippen molar-refractivity contribution in [2.24, 2.45) is 5.14 Å². The van der Waals surface area contributed by atoms with E-state index in [1.54, 1.807) is 18.2 Å². The second-order valence-electron chi connectivity index (χ2n) is 7.41. The van der Waals surface area contributed by atoms with Crippen molar-refractivity contribution in [1.29, 1.82) is 0 Å². The largest absolute Gasteiger partial charge is 0.350 e. The fourth-order valence-electron chi connectivity index (χ4n) is 3.56. The van der Waals surface area contributed by atoms with Crippen molar-refractivity contribution in [2.75, 3.05) is 0 Å². The van der Waals surface area contributed by atoms with Gasteiger partial charge in [0.2, 0.25) is 15.9 Å². The molecule has 0 bridgehead atoms. The first-order chi connectivity index (χ1) is 13.7. The molecular formula is C20H20FN3O4S. The minimum atomic E-state index is -4.19. The third kappa shape index (κ3) is 4.15. The SMILES string of the molecule is NS(=O)(=O)c1ccc(C(=C[C@H]2CCC(=O)N2)c2ccc(C3CC3)c(=O)[nH]2)cc1F. The van der Waals surface area contributed by atoms with Crippen LogP contribution in [0.5, 0.6) is 0 Å². The summed E-state index contributed by atoms with van der Waals surface area (Å²) in [6.07, 6.45) is 4.67. The summed E-state index contributed by atoms with van der Waals surface area (Å²) in [6, 6.07) is 6.83. The van der Waals surface area contributed by atoms with E-state index in [0.717, 1.165) is 30.5 Å². The van der Waals surface area contributed by atoms with Gasteiger partial charge in [-0.25, -0.2) is 17.9 Å². The van der Waals surface area contributed by atoms with E-state index in [2.05, 4.69) is 10.3 Å². The van der Waals surface area contributed by atoms with Crippen molar-refractivity contribution in [2.45, 2.75) is 42.5 Å². The maximum absolute atomic E-state index is 14.4. The van der Waals surface area contributed by atoms with E-state index in [-0.39, 0.29) is 23.4 Å². The lowest BCUT2D eigenvalue weighted by molar-refractivity contribution is -0.119. The van der Waals surface area contributed by atoms with Gasteiger partial charge in [-0.3, -0.25) is 9.59 Å². The molecule has 0 unspecified atom stereocenters. The Kier molecular flexibility index (Phi) is 4.87. The monoisotopic (exact) mass is 417 g/mol. The Hall–Kier alpha value is -2.78. The molecule has 7 nitrogen and oxygen atoms in total. The number of nitrogens with two attached hydrogens (primary N) is 1. The van der Waals surface area contributed by atoms with Gasteiger partial charge in [-0.1, -0.05) is 18.2 Å². The zero-order valence-corrected chi connectivity index (χ0v) is 16.3. The maximum Gasteiger partial charge on any atom is 0.251 e. The highest BCUT2D eigenvalue weighted by Crippen LogP contribution is 2.38. The third-order valence-electron chi connectivity index (χ3n) is 5.19. The summed E-state index contributed by atoms with van der Waals surface area (Å²) < 4.78 is 37.4. The van der Waals surface area contributed by atoms with Gasteiger partial charge in [0.1, 0.15) is 10.7 Å². The molecule has 4 N–H and O–H groups in total. The smallest absolute Gasteiger partial charge is 0.251 e. The molecule has 1 saturated carbocycles. The Morgan fingerprint density at radius 3 is 2.45 bits per heavy atom. The Morgan fingerprint density at radius 2 is 1.90 bits per heavy atom. The van der Waals surface area contributed by atoms with Crippen LogP contribution in [-0.2, 0) is 14.8 Å². The zero-order chi connectivity index (χ0) is 20.8. The predicted octanol–water partition coefficient (Wildman–Crippen LogP) is 1.75. The highest BCUT2D eigenvalue weighted by Gasteiger charge is 2.27. The highest BCUT2D eigenvalue weighted by atomic mass is 32.2. The zero-order valence-electron chi connectivity index (χ0n) is 15.4. The Bertz CT molecular complexity index is 1180. The normalized spacial score (nSPS) is 20.0. The fourth-order valence-corrected chi connectivity index (χ4v) is 4.15. The van der Waals surface area contributed by atoms with Crippen LogP contribution in [0.1, 0.15) is 48.4 Å². The molecule has 1 aliphatic heterocycles. The summed E-state index contributed by atoms with van der Waals surface area (Å²) in [6.45, 7) is 0. The van der Waals surface area contributed by atoms with E-state index in [9.17, 15) is 22.4 Å². The molecule has 2 heterocycles. The van der Waals surface area contributed by atoms with Gasteiger partial charge in [-0.2, -0.15) is 0 Å². The Morgan fingerprint density at radius 1 is 1.14 bits per heavy atom. The molecular weight excluding hydrogens is 397 g/mol. The molecule has 0 spiro atoms. The second kappa shape index (κ2) is 7.23. The number of aromatic nitrogens is 1. The van der Waals surface area contributed by atoms with Crippen molar-refractivity contribution in [1.82, 2.24) is 10.3 Å². The number of carbonyl (C=O) groups is 1. The van der Waals surface area contributed by atoms with Gasteiger partial charge < -0.3 is 10.3 Å². The van der Waals surface area contributed by atoms with Crippen molar-refractivity contribution in [3.8, 4) is 0 Å². The molecule has 4 rings (SSSR count). The molecule has 1 aromatic carbocycles. The average Bonchev–Trinajstić information content (AvgIpc) is 3.40. The lowest BCUT2D eigenvalue weighted by Crippen LogP contribution is -2.24. The molecule has 0 radical (unpaired) electrons. The molecule has 2 fully saturated rings. The van der Waals surface area contributed by atoms with Crippen LogP contribution in [0.25, 0.3) is 5.57 Å². The first kappa shape index (κ1) is 19.5. The molecule has 2 aliphatic rings. The number of halogens is 1. The van der Waals surface area contributed by atoms with Crippen LogP contribution < -0.4 is 16.0 Å². The summed E-state index contributed by atoms with van der Waals surface area (Å²) in [4.78, 5) is 26.3. The van der Waals surface area contributed by atoms with Gasteiger partial charge >= 0.3 is 0 Å². The number of nitrogens with one attached hydrogen (secondary N) is 2. The molecule has 1 atom stereocenters. The standard InChI is InChI=1S/C20H20FN3O4S/c21-16-9-12(3-7-18(16)29(22,27)28)15(10-13-4-8-19(25)23-13)17-6-5-14(11-1-2-11)20(26)24-17/h3,5-7,9-11,13H,1-2,4,8H2,(H,23,25)(H,24,26)(H2,22,27,28)/t13-/m1/s1. The first-order valence-corrected chi connectivity index (χ1v) is 10.8. The molecule has 1 aromatic heterocycles. The Labute approximate surface area is 166 Å². The van der Waals surface area contributed by atoms with Gasteiger partial charge in [-0.05, 0) is 48.9 Å². The third-order valence-corrected chi connectivity index (χ3v) is 6.14. The van der Waals surface area contributed by atoms with Gasteiger partial charge in [0.25, 0.3) is 5.56 Å². The van der Waals surface area contributed by atoms with Crippen LogP contribution in [0.4, 0.5) is 4.39 Å². The predicted molar refractivity (Wildman–Crippen MR) is 105 cm³/mol. The van der Waals surface area contributed by atoms with Crippen LogP contribution in [0.3, 0.4) is 0 Å². The molecule has 29 heavy (non-hydrogen) atoms. The number of carbonyl (C=O) groups excluding carboxylic acids is 1. The van der Waals surface area contributed by atoms with Crippen molar-refractivity contribution < 1.29 is 17.6 Å². The lowest BCUT2D eigenvalue weighted by Gasteiger charge is -2.13. The topological polar surface area (TPSA) is 122 Å². The van der Waals surface area contributed by atoms with Crippen LogP contribution in [0.15, 0.2) is 46.1 Å². The molecule has 1 amide bonds. The number of sulfonamides is 1. The number of rotatable bonds is 5. The minimum Gasteiger partial charge on any atom is -0.350 e. The minimum absolute atomic E-state index is 0.0843. The summed E-state index contributed by atoms with van der Waals surface area (Å²) in [5, 5.41) is 7.85. The van der Waals surface area contributed by atoms with Gasteiger partial charge in [0, 0.05) is 29.3 Å². The fraction of sp³-hybridized carbons (Fsp3) is 0.300. The average molecular weight is 417 g/mol. The number of primary sulfonamides is 1. The Balaban J connectivity index is 1.80. The van der Waals surface area contributed by atoms with Crippen LogP contribution in [0, 0.1) is 5.82 Å². The number of hydrogen-bond donors (Lipinski definition) is 3. The lowest BCUT2D eigenvalue weighted by atomic mass is 9.98. The number of amides is 1. The number of pyridine rings is 1. The summed E-state index contributed by atoms with van der Waals surface area (Å²) in [7, 11) is -4.19. The van der Waals surface area contributed by atoms with Gasteiger partial charge in [-0.15, -0.1) is 0 Å². The van der Waals surface area contributed by atoms with Crippen molar-refractivity contribution >= 4 is 21.5 Å². The van der Waals surface area contributed by atoms with E-state index < -0.39 is 20.7 Å². The first-order valence-electron chi connectivity index (χ1n) is 9.30. The van der Waals surface area contributed by atoms with E-state index >= 15 is 0 Å². The van der Waals surface area contributed by atoms with Gasteiger partial charge in [0.15, 0.2) is 0 Å². The van der Waals surface area contributed by atoms with E-state index in [1.165, 1.54) is 6.07 Å². The van der Waals surface area contributed by atoms with Crippen molar-refractivity contribution in [3.05, 3.63) is 69.4 Å². The van der Waals surface area contributed by atoms with Crippen LogP contribution >= 0.6 is 0 Å². The van der Waals surface area contributed by atoms with E-state index in [0.29, 0.717) is 29.7 Å². The van der Waals surface area contributed by atoms with Crippen LogP contribution in [-0.4, -0.2) is 25.4 Å². The number of benzene rings is 1. The number of aromatic amines is 1. The molecule has 2 aromatic rings. The molecule has 1 saturated heterocycles. The molecule has 9 heteroatoms. The van der Waals surface area contributed by atoms with Gasteiger partial charge in [0.05, 0.1) is 0 Å². The summed E-state index contributed by atoms with van der Waals surface area (Å²) in [5.41, 5.74) is 1.84. The molecule has 1 aliphatic carbocycles. The second-order valence-corrected chi connectivity index (χ2v) is 8.94. The number of hydrogen-bond acceptors (Lipinski definition) is 4. The van der Waals surface area contributed by atoms with Crippen molar-refractivity contribution in [3.63, 3.8) is 0 Å². The van der Waals surface area contributed by atoms with Crippen LogP contribution in [0.2, 0.25) is 0 Å². The highest BCUT2D eigenvalue weighted by molar-refractivity contribution is 7.89. The number of H-pyrrole nitrogens is 1. The van der Waals surface area contributed by atoms with E-state index in [1.807, 2.05) is 0 Å². The maximum atomic E-state index is 14.4. The van der Waals surface area contributed by atoms with E-state index in [4.69, 9.17) is 5.14 Å². The summed E-state index contributed by atoms with van der Waals surface area (Å²) >= 11 is 0. The quantitative estimate of drug-likeness (QED) is 0.686. The summed E-state index contributed by atoms with van der Waals surface area (Å²) in [5.74, 6) is -0.789. The molecule has 152 valence electrons.